The van der Waals surface area contributed by atoms with Crippen LogP contribution in [0, 0.1) is 5.92 Å². The molecule has 0 aromatic heterocycles. The lowest BCUT2D eigenvalue weighted by molar-refractivity contribution is -0.144. The molecule has 0 spiro atoms. The maximum absolute atomic E-state index is 11.6. The second kappa shape index (κ2) is 6.80. The van der Waals surface area contributed by atoms with E-state index in [4.69, 9.17) is 4.74 Å². The van der Waals surface area contributed by atoms with Crippen molar-refractivity contribution in [2.24, 2.45) is 5.92 Å². The van der Waals surface area contributed by atoms with Gasteiger partial charge in [-0.25, -0.2) is 8.78 Å². The molecule has 0 saturated carbocycles. The third-order valence-corrected chi connectivity index (χ3v) is 1.40. The van der Waals surface area contributed by atoms with Crippen LogP contribution in [0.15, 0.2) is 0 Å². The third kappa shape index (κ3) is 9.24. The monoisotopic (exact) mass is 194 g/mol. The molecule has 0 aromatic carbocycles. The van der Waals surface area contributed by atoms with Gasteiger partial charge in [-0.1, -0.05) is 13.8 Å². The number of alkyl halides is 2. The Kier molecular flexibility index (Phi) is 6.45. The van der Waals surface area contributed by atoms with Crippen LogP contribution in [0.1, 0.15) is 33.1 Å². The van der Waals surface area contributed by atoms with Gasteiger partial charge in [-0.3, -0.25) is 4.79 Å². The lowest BCUT2D eigenvalue weighted by Gasteiger charge is -2.05. The molecule has 78 valence electrons. The first kappa shape index (κ1) is 12.3. The molecule has 13 heavy (non-hydrogen) atoms. The fourth-order valence-corrected chi connectivity index (χ4v) is 0.816. The zero-order chi connectivity index (χ0) is 10.3. The van der Waals surface area contributed by atoms with Crippen LogP contribution in [-0.4, -0.2) is 19.0 Å². The molecular formula is C9H16F2O2. The minimum Gasteiger partial charge on any atom is -0.466 e. The van der Waals surface area contributed by atoms with Crippen LogP contribution in [0.5, 0.6) is 0 Å². The molecule has 0 aliphatic carbocycles. The van der Waals surface area contributed by atoms with Crippen molar-refractivity contribution in [3.8, 4) is 0 Å². The summed E-state index contributed by atoms with van der Waals surface area (Å²) in [5, 5.41) is 0. The standard InChI is InChI=1S/C9H16F2O2/c1-7(2)6-9(12)13-5-3-4-8(10)11/h7-8H,3-6H2,1-2H3. The van der Waals surface area contributed by atoms with Crippen molar-refractivity contribution in [2.75, 3.05) is 6.61 Å². The zero-order valence-corrected chi connectivity index (χ0v) is 8.06. The lowest BCUT2D eigenvalue weighted by atomic mass is 10.1. The van der Waals surface area contributed by atoms with Crippen LogP contribution in [0.2, 0.25) is 0 Å². The maximum atomic E-state index is 11.6. The minimum absolute atomic E-state index is 0.107. The van der Waals surface area contributed by atoms with Gasteiger partial charge in [0.15, 0.2) is 0 Å². The van der Waals surface area contributed by atoms with Crippen molar-refractivity contribution in [3.05, 3.63) is 0 Å². The van der Waals surface area contributed by atoms with Crippen molar-refractivity contribution in [1.29, 1.82) is 0 Å². The first-order chi connectivity index (χ1) is 6.02. The number of halogens is 2. The molecule has 0 N–H and O–H groups in total. The first-order valence-corrected chi connectivity index (χ1v) is 4.46. The van der Waals surface area contributed by atoms with Gasteiger partial charge in [0.25, 0.3) is 0 Å². The van der Waals surface area contributed by atoms with E-state index in [2.05, 4.69) is 0 Å². The molecule has 0 aromatic rings. The Bertz CT molecular complexity index is 147. The molecule has 0 radical (unpaired) electrons. The SMILES string of the molecule is CC(C)CC(=O)OCCCC(F)F. The normalized spacial score (nSPS) is 10.9. The fourth-order valence-electron chi connectivity index (χ4n) is 0.816. The van der Waals surface area contributed by atoms with Crippen LogP contribution >= 0.6 is 0 Å². The molecule has 2 nitrogen and oxygen atoms in total. The number of hydrogen-bond donors (Lipinski definition) is 0. The summed E-state index contributed by atoms with van der Waals surface area (Å²) in [7, 11) is 0. The molecule has 0 fully saturated rings. The van der Waals surface area contributed by atoms with Gasteiger partial charge in [-0.05, 0) is 12.3 Å². The number of rotatable bonds is 6. The number of ether oxygens (including phenoxy) is 1. The summed E-state index contributed by atoms with van der Waals surface area (Å²) in [6.45, 7) is 3.91. The number of carbonyl (C=O) groups is 1. The molecule has 0 rings (SSSR count). The summed E-state index contributed by atoms with van der Waals surface area (Å²) >= 11 is 0. The molecule has 0 atom stereocenters. The van der Waals surface area contributed by atoms with Gasteiger partial charge in [0.2, 0.25) is 6.43 Å². The molecule has 0 bridgehead atoms. The van der Waals surface area contributed by atoms with Gasteiger partial charge in [-0.15, -0.1) is 0 Å². The highest BCUT2D eigenvalue weighted by Crippen LogP contribution is 2.05. The van der Waals surface area contributed by atoms with Crippen LogP contribution in [-0.2, 0) is 9.53 Å². The highest BCUT2D eigenvalue weighted by molar-refractivity contribution is 5.69. The zero-order valence-electron chi connectivity index (χ0n) is 8.06. The van der Waals surface area contributed by atoms with Crippen LogP contribution in [0.25, 0.3) is 0 Å². The Morgan fingerprint density at radius 2 is 2.00 bits per heavy atom. The minimum atomic E-state index is -2.30. The Hall–Kier alpha value is -0.670. The number of carbonyl (C=O) groups excluding carboxylic acids is 1. The Morgan fingerprint density at radius 3 is 2.46 bits per heavy atom. The van der Waals surface area contributed by atoms with E-state index in [9.17, 15) is 13.6 Å². The highest BCUT2D eigenvalue weighted by Gasteiger charge is 2.06. The van der Waals surface area contributed by atoms with Gasteiger partial charge in [0, 0.05) is 12.8 Å². The van der Waals surface area contributed by atoms with Gasteiger partial charge >= 0.3 is 5.97 Å². The average molecular weight is 194 g/mol. The van der Waals surface area contributed by atoms with E-state index in [1.54, 1.807) is 0 Å². The van der Waals surface area contributed by atoms with Crippen LogP contribution in [0.4, 0.5) is 8.78 Å². The Labute approximate surface area is 77.3 Å². The van der Waals surface area contributed by atoms with E-state index >= 15 is 0 Å². The summed E-state index contributed by atoms with van der Waals surface area (Å²) in [6.07, 6.45) is -1.91. The van der Waals surface area contributed by atoms with Crippen molar-refractivity contribution in [1.82, 2.24) is 0 Å². The summed E-state index contributed by atoms with van der Waals surface area (Å²) in [6, 6.07) is 0. The van der Waals surface area contributed by atoms with Gasteiger partial charge < -0.3 is 4.74 Å². The van der Waals surface area contributed by atoms with Gasteiger partial charge in [-0.2, -0.15) is 0 Å². The summed E-state index contributed by atoms with van der Waals surface area (Å²) in [5.74, 6) is -0.0492. The molecule has 0 aliphatic heterocycles. The Morgan fingerprint density at radius 1 is 1.38 bits per heavy atom. The van der Waals surface area contributed by atoms with Crippen LogP contribution in [0.3, 0.4) is 0 Å². The van der Waals surface area contributed by atoms with Crippen molar-refractivity contribution in [2.45, 2.75) is 39.5 Å². The van der Waals surface area contributed by atoms with E-state index in [1.807, 2.05) is 13.8 Å². The molecule has 0 saturated heterocycles. The first-order valence-electron chi connectivity index (χ1n) is 4.46. The topological polar surface area (TPSA) is 26.3 Å². The summed E-state index contributed by atoms with van der Waals surface area (Å²) in [4.78, 5) is 10.9. The average Bonchev–Trinajstić information content (AvgIpc) is 1.96. The second-order valence-electron chi connectivity index (χ2n) is 3.35. The quantitative estimate of drug-likeness (QED) is 0.480. The van der Waals surface area contributed by atoms with E-state index in [1.165, 1.54) is 0 Å². The Balaban J connectivity index is 3.27. The summed E-state index contributed by atoms with van der Waals surface area (Å²) in [5.41, 5.74) is 0. The predicted octanol–water partition coefficient (Wildman–Crippen LogP) is 2.62. The molecule has 0 amide bonds. The molecule has 0 unspecified atom stereocenters. The maximum Gasteiger partial charge on any atom is 0.306 e. The molecule has 0 heterocycles. The predicted molar refractivity (Wildman–Crippen MR) is 45.7 cm³/mol. The number of hydrogen-bond acceptors (Lipinski definition) is 2. The molecule has 0 aliphatic rings. The van der Waals surface area contributed by atoms with Gasteiger partial charge in [0.05, 0.1) is 6.61 Å². The largest absolute Gasteiger partial charge is 0.466 e. The van der Waals surface area contributed by atoms with E-state index in [0.29, 0.717) is 6.42 Å². The summed E-state index contributed by atoms with van der Waals surface area (Å²) < 4.78 is 28.0. The van der Waals surface area contributed by atoms with Crippen LogP contribution < -0.4 is 0 Å². The fraction of sp³-hybridized carbons (Fsp3) is 0.889. The van der Waals surface area contributed by atoms with E-state index in [-0.39, 0.29) is 31.3 Å². The molecule has 4 heteroatoms. The molecular weight excluding hydrogens is 178 g/mol. The number of esters is 1. The lowest BCUT2D eigenvalue weighted by Crippen LogP contribution is -2.09. The van der Waals surface area contributed by atoms with Crippen molar-refractivity contribution in [3.63, 3.8) is 0 Å². The van der Waals surface area contributed by atoms with Crippen molar-refractivity contribution < 1.29 is 18.3 Å². The third-order valence-electron chi connectivity index (χ3n) is 1.40. The van der Waals surface area contributed by atoms with E-state index in [0.717, 1.165) is 0 Å². The van der Waals surface area contributed by atoms with Crippen molar-refractivity contribution >= 4 is 5.97 Å². The van der Waals surface area contributed by atoms with Gasteiger partial charge in [0.1, 0.15) is 0 Å². The van der Waals surface area contributed by atoms with E-state index < -0.39 is 6.43 Å². The second-order valence-corrected chi connectivity index (χ2v) is 3.35. The smallest absolute Gasteiger partial charge is 0.306 e. The highest BCUT2D eigenvalue weighted by atomic mass is 19.3.